The first-order chi connectivity index (χ1) is 7.59. The smallest absolute Gasteiger partial charge is 0.220 e. The zero-order valence-electron chi connectivity index (χ0n) is 10.3. The van der Waals surface area contributed by atoms with Crippen molar-refractivity contribution in [2.75, 3.05) is 0 Å². The summed E-state index contributed by atoms with van der Waals surface area (Å²) in [6.07, 6.45) is 1.22. The van der Waals surface area contributed by atoms with E-state index in [-0.39, 0.29) is 30.4 Å². The fourth-order valence-electron chi connectivity index (χ4n) is 1.50. The van der Waals surface area contributed by atoms with E-state index in [1.165, 1.54) is 0 Å². The molecule has 96 valence electrons. The van der Waals surface area contributed by atoms with Gasteiger partial charge in [0.15, 0.2) is 0 Å². The number of carbonyl (C=O) groups excluding carboxylic acids is 1. The Kier molecular flexibility index (Phi) is 7.59. The van der Waals surface area contributed by atoms with Gasteiger partial charge >= 0.3 is 0 Å². The highest BCUT2D eigenvalue weighted by atomic mass is 35.5. The summed E-state index contributed by atoms with van der Waals surface area (Å²) in [6.45, 7) is 3.90. The molecule has 3 N–H and O–H groups in total. The highest BCUT2D eigenvalue weighted by Gasteiger charge is 2.09. The number of hydrogen-bond acceptors (Lipinski definition) is 2. The highest BCUT2D eigenvalue weighted by molar-refractivity contribution is 5.85. The second-order valence-electron chi connectivity index (χ2n) is 4.22. The molecule has 2 atom stereocenters. The van der Waals surface area contributed by atoms with Gasteiger partial charge in [0.05, 0.1) is 6.04 Å². The van der Waals surface area contributed by atoms with E-state index in [1.54, 1.807) is 0 Å². The molecular weight excluding hydrogens is 236 g/mol. The topological polar surface area (TPSA) is 55.1 Å². The molecule has 1 amide bonds. The molecule has 0 aliphatic heterocycles. The molecule has 0 fully saturated rings. The minimum atomic E-state index is 0. The van der Waals surface area contributed by atoms with Crippen LogP contribution < -0.4 is 11.1 Å². The van der Waals surface area contributed by atoms with E-state index >= 15 is 0 Å². The van der Waals surface area contributed by atoms with Crippen LogP contribution in [0.1, 0.15) is 38.3 Å². The first kappa shape index (κ1) is 15.9. The van der Waals surface area contributed by atoms with E-state index in [0.29, 0.717) is 6.42 Å². The summed E-state index contributed by atoms with van der Waals surface area (Å²) in [5, 5.41) is 2.96. The van der Waals surface area contributed by atoms with Crippen LogP contribution in [0, 0.1) is 0 Å². The van der Waals surface area contributed by atoms with Gasteiger partial charge in [0.25, 0.3) is 0 Å². The fourth-order valence-corrected chi connectivity index (χ4v) is 1.50. The van der Waals surface area contributed by atoms with Crippen LogP contribution in [0.25, 0.3) is 0 Å². The van der Waals surface area contributed by atoms with Crippen molar-refractivity contribution in [1.82, 2.24) is 5.32 Å². The van der Waals surface area contributed by atoms with Gasteiger partial charge < -0.3 is 11.1 Å². The molecule has 0 bridgehead atoms. The van der Waals surface area contributed by atoms with E-state index < -0.39 is 0 Å². The van der Waals surface area contributed by atoms with Gasteiger partial charge in [0, 0.05) is 12.5 Å². The zero-order chi connectivity index (χ0) is 12.0. The molecule has 1 aromatic carbocycles. The Labute approximate surface area is 109 Å². The summed E-state index contributed by atoms with van der Waals surface area (Å²) in [4.78, 5) is 11.6. The summed E-state index contributed by atoms with van der Waals surface area (Å²) in [5.41, 5.74) is 6.72. The fraction of sp³-hybridized carbons (Fsp3) is 0.462. The number of amides is 1. The van der Waals surface area contributed by atoms with Gasteiger partial charge in [-0.05, 0) is 25.8 Å². The molecule has 0 radical (unpaired) electrons. The van der Waals surface area contributed by atoms with Crippen LogP contribution in [0.5, 0.6) is 0 Å². The van der Waals surface area contributed by atoms with E-state index in [1.807, 2.05) is 44.2 Å². The molecule has 0 aromatic heterocycles. The van der Waals surface area contributed by atoms with Crippen molar-refractivity contribution in [3.8, 4) is 0 Å². The summed E-state index contributed by atoms with van der Waals surface area (Å²) in [6, 6.07) is 10.1. The lowest BCUT2D eigenvalue weighted by molar-refractivity contribution is -0.121. The van der Waals surface area contributed by atoms with Crippen molar-refractivity contribution in [1.29, 1.82) is 0 Å². The van der Waals surface area contributed by atoms with Crippen LogP contribution in [0.2, 0.25) is 0 Å². The van der Waals surface area contributed by atoms with Gasteiger partial charge in [-0.2, -0.15) is 0 Å². The second kappa shape index (κ2) is 8.09. The molecule has 4 heteroatoms. The molecule has 2 unspecified atom stereocenters. The third kappa shape index (κ3) is 6.29. The Balaban J connectivity index is 0.00000256. The number of carbonyl (C=O) groups is 1. The molecule has 0 saturated carbocycles. The predicted molar refractivity (Wildman–Crippen MR) is 73.1 cm³/mol. The molecule has 1 rings (SSSR count). The minimum Gasteiger partial charge on any atom is -0.350 e. The van der Waals surface area contributed by atoms with Crippen LogP contribution in [0.4, 0.5) is 0 Å². The van der Waals surface area contributed by atoms with Crippen LogP contribution in [0.3, 0.4) is 0 Å². The molecule has 0 saturated heterocycles. The lowest BCUT2D eigenvalue weighted by Gasteiger charge is -2.14. The molecule has 17 heavy (non-hydrogen) atoms. The largest absolute Gasteiger partial charge is 0.350 e. The quantitative estimate of drug-likeness (QED) is 0.850. The maximum absolute atomic E-state index is 11.6. The molecule has 3 nitrogen and oxygen atoms in total. The maximum atomic E-state index is 11.6. The Morgan fingerprint density at radius 3 is 2.41 bits per heavy atom. The Morgan fingerprint density at radius 2 is 1.88 bits per heavy atom. The van der Waals surface area contributed by atoms with E-state index in [4.69, 9.17) is 5.73 Å². The summed E-state index contributed by atoms with van der Waals surface area (Å²) in [7, 11) is 0. The van der Waals surface area contributed by atoms with Gasteiger partial charge in [-0.1, -0.05) is 30.3 Å². The molecule has 0 heterocycles. The number of halogens is 1. The van der Waals surface area contributed by atoms with Crippen molar-refractivity contribution in [2.24, 2.45) is 5.73 Å². The summed E-state index contributed by atoms with van der Waals surface area (Å²) < 4.78 is 0. The first-order valence-corrected chi connectivity index (χ1v) is 5.69. The minimum absolute atomic E-state index is 0. The van der Waals surface area contributed by atoms with Gasteiger partial charge in [-0.3, -0.25) is 4.79 Å². The van der Waals surface area contributed by atoms with Crippen LogP contribution in [-0.2, 0) is 4.79 Å². The van der Waals surface area contributed by atoms with Crippen molar-refractivity contribution in [2.45, 2.75) is 38.8 Å². The first-order valence-electron chi connectivity index (χ1n) is 5.69. The zero-order valence-corrected chi connectivity index (χ0v) is 11.2. The lowest BCUT2D eigenvalue weighted by atomic mass is 10.1. The number of nitrogens with one attached hydrogen (secondary N) is 1. The molecular formula is C13H21ClN2O. The maximum Gasteiger partial charge on any atom is 0.220 e. The monoisotopic (exact) mass is 256 g/mol. The van der Waals surface area contributed by atoms with Crippen LogP contribution in [0.15, 0.2) is 30.3 Å². The van der Waals surface area contributed by atoms with Crippen molar-refractivity contribution in [3.05, 3.63) is 35.9 Å². The molecule has 0 spiro atoms. The predicted octanol–water partition coefficient (Wildman–Crippen LogP) is 2.41. The van der Waals surface area contributed by atoms with E-state index in [2.05, 4.69) is 5.32 Å². The average Bonchev–Trinajstić information content (AvgIpc) is 2.27. The molecule has 0 aliphatic carbocycles. The van der Waals surface area contributed by atoms with Crippen molar-refractivity contribution < 1.29 is 4.79 Å². The van der Waals surface area contributed by atoms with E-state index in [0.717, 1.165) is 12.0 Å². The highest BCUT2D eigenvalue weighted by Crippen LogP contribution is 2.11. The van der Waals surface area contributed by atoms with Gasteiger partial charge in [-0.15, -0.1) is 12.4 Å². The van der Waals surface area contributed by atoms with Gasteiger partial charge in [-0.25, -0.2) is 0 Å². The van der Waals surface area contributed by atoms with Crippen LogP contribution in [-0.4, -0.2) is 11.9 Å². The Bertz CT molecular complexity index is 327. The number of benzene rings is 1. The van der Waals surface area contributed by atoms with E-state index in [9.17, 15) is 4.79 Å². The normalized spacial score (nSPS) is 13.4. The average molecular weight is 257 g/mol. The second-order valence-corrected chi connectivity index (χ2v) is 4.22. The van der Waals surface area contributed by atoms with Gasteiger partial charge in [0.1, 0.15) is 0 Å². The number of nitrogens with two attached hydrogens (primary N) is 1. The molecule has 1 aromatic rings. The van der Waals surface area contributed by atoms with Crippen molar-refractivity contribution >= 4 is 18.3 Å². The Hall–Kier alpha value is -1.06. The summed E-state index contributed by atoms with van der Waals surface area (Å²) in [5.74, 6) is 0.0636. The number of hydrogen-bond donors (Lipinski definition) is 2. The SMILES string of the molecule is CC(N)CCC(=O)NC(C)c1ccccc1.Cl. The lowest BCUT2D eigenvalue weighted by Crippen LogP contribution is -2.28. The third-order valence-electron chi connectivity index (χ3n) is 2.50. The summed E-state index contributed by atoms with van der Waals surface area (Å²) >= 11 is 0. The van der Waals surface area contributed by atoms with Gasteiger partial charge in [0.2, 0.25) is 5.91 Å². The standard InChI is InChI=1S/C13H20N2O.ClH/c1-10(14)8-9-13(16)15-11(2)12-6-4-3-5-7-12;/h3-7,10-11H,8-9,14H2,1-2H3,(H,15,16);1H. The number of rotatable bonds is 5. The van der Waals surface area contributed by atoms with Crippen LogP contribution >= 0.6 is 12.4 Å². The Morgan fingerprint density at radius 1 is 1.29 bits per heavy atom. The van der Waals surface area contributed by atoms with Crippen molar-refractivity contribution in [3.63, 3.8) is 0 Å². The third-order valence-corrected chi connectivity index (χ3v) is 2.50. The molecule has 0 aliphatic rings.